The lowest BCUT2D eigenvalue weighted by Crippen LogP contribution is -2.27. The van der Waals surface area contributed by atoms with E-state index >= 15 is 0 Å². The number of sulfonamides is 1. The average Bonchev–Trinajstić information content (AvgIpc) is 2.66. The van der Waals surface area contributed by atoms with Gasteiger partial charge in [-0.25, -0.2) is 13.1 Å². The summed E-state index contributed by atoms with van der Waals surface area (Å²) in [6, 6.07) is 9.17. The minimum Gasteiger partial charge on any atom is -0.497 e. The van der Waals surface area contributed by atoms with E-state index in [9.17, 15) is 8.42 Å². The minimum absolute atomic E-state index is 0.0227. The molecule has 1 N–H and O–H groups in total. The van der Waals surface area contributed by atoms with Gasteiger partial charge in [-0.3, -0.25) is 0 Å². The van der Waals surface area contributed by atoms with Crippen LogP contribution >= 0.6 is 0 Å². The van der Waals surface area contributed by atoms with Crippen LogP contribution in [0.15, 0.2) is 41.3 Å². The molecule has 2 aromatic rings. The second kappa shape index (κ2) is 8.29. The molecular formula is C18H23NO6S. The summed E-state index contributed by atoms with van der Waals surface area (Å²) >= 11 is 0. The fourth-order valence-corrected chi connectivity index (χ4v) is 3.91. The maximum Gasteiger partial charge on any atom is 0.244 e. The van der Waals surface area contributed by atoms with Crippen molar-refractivity contribution >= 4 is 10.0 Å². The molecule has 2 rings (SSSR count). The van der Waals surface area contributed by atoms with Crippen molar-refractivity contribution in [2.45, 2.75) is 17.9 Å². The Morgan fingerprint density at radius 2 is 1.38 bits per heavy atom. The van der Waals surface area contributed by atoms with Crippen molar-refractivity contribution in [1.29, 1.82) is 0 Å². The van der Waals surface area contributed by atoms with E-state index < -0.39 is 16.1 Å². The highest BCUT2D eigenvalue weighted by Gasteiger charge is 2.24. The summed E-state index contributed by atoms with van der Waals surface area (Å²) in [6.07, 6.45) is 0. The topological polar surface area (TPSA) is 83.1 Å². The van der Waals surface area contributed by atoms with E-state index in [1.807, 2.05) is 0 Å². The van der Waals surface area contributed by atoms with E-state index in [1.165, 1.54) is 33.5 Å². The molecule has 8 heteroatoms. The normalized spacial score (nSPS) is 12.3. The Balaban J connectivity index is 2.38. The highest BCUT2D eigenvalue weighted by molar-refractivity contribution is 7.89. The second-order valence-electron chi connectivity index (χ2n) is 5.47. The molecule has 0 heterocycles. The van der Waals surface area contributed by atoms with Crippen molar-refractivity contribution in [3.05, 3.63) is 42.0 Å². The Kier molecular flexibility index (Phi) is 6.33. The van der Waals surface area contributed by atoms with E-state index in [0.29, 0.717) is 22.8 Å². The van der Waals surface area contributed by atoms with E-state index in [4.69, 9.17) is 18.9 Å². The molecule has 1 atom stereocenters. The van der Waals surface area contributed by atoms with Crippen LogP contribution in [0.5, 0.6) is 23.0 Å². The summed E-state index contributed by atoms with van der Waals surface area (Å²) in [7, 11) is 2.13. The number of hydrogen-bond donors (Lipinski definition) is 1. The summed E-state index contributed by atoms with van der Waals surface area (Å²) in [6.45, 7) is 1.73. The van der Waals surface area contributed by atoms with Crippen LogP contribution in [0.4, 0.5) is 0 Å². The third kappa shape index (κ3) is 4.20. The second-order valence-corrected chi connectivity index (χ2v) is 7.15. The molecule has 0 aliphatic carbocycles. The molecule has 7 nitrogen and oxygen atoms in total. The molecule has 26 heavy (non-hydrogen) atoms. The summed E-state index contributed by atoms with van der Waals surface area (Å²) in [5, 5.41) is 0. The zero-order chi connectivity index (χ0) is 19.3. The maximum atomic E-state index is 12.8. The van der Waals surface area contributed by atoms with E-state index in [0.717, 1.165) is 0 Å². The predicted molar refractivity (Wildman–Crippen MR) is 97.8 cm³/mol. The molecule has 142 valence electrons. The Bertz CT molecular complexity index is 866. The quantitative estimate of drug-likeness (QED) is 0.757. The number of rotatable bonds is 8. The molecule has 1 unspecified atom stereocenters. The average molecular weight is 381 g/mol. The summed E-state index contributed by atoms with van der Waals surface area (Å²) in [4.78, 5) is 0.0227. The number of benzene rings is 2. The Hall–Kier alpha value is -2.45. The third-order valence-corrected chi connectivity index (χ3v) is 5.48. The zero-order valence-corrected chi connectivity index (χ0v) is 16.2. The van der Waals surface area contributed by atoms with Gasteiger partial charge in [-0.2, -0.15) is 0 Å². The number of nitrogens with one attached hydrogen (secondary N) is 1. The van der Waals surface area contributed by atoms with Crippen molar-refractivity contribution in [2.24, 2.45) is 0 Å². The van der Waals surface area contributed by atoms with Gasteiger partial charge in [0.2, 0.25) is 10.0 Å². The van der Waals surface area contributed by atoms with Crippen LogP contribution in [0.1, 0.15) is 18.5 Å². The lowest BCUT2D eigenvalue weighted by Gasteiger charge is -2.19. The first-order valence-corrected chi connectivity index (χ1v) is 9.31. The van der Waals surface area contributed by atoms with Crippen molar-refractivity contribution in [2.75, 3.05) is 28.4 Å². The van der Waals surface area contributed by atoms with Crippen molar-refractivity contribution in [1.82, 2.24) is 4.72 Å². The molecule has 0 fully saturated rings. The Morgan fingerprint density at radius 3 is 1.96 bits per heavy atom. The molecule has 0 saturated carbocycles. The van der Waals surface area contributed by atoms with Crippen LogP contribution in [0.2, 0.25) is 0 Å². The monoisotopic (exact) mass is 381 g/mol. The third-order valence-electron chi connectivity index (χ3n) is 3.90. The number of ether oxygens (including phenoxy) is 4. The predicted octanol–water partition coefficient (Wildman–Crippen LogP) is 2.76. The molecular weight excluding hydrogens is 358 g/mol. The molecule has 0 amide bonds. The highest BCUT2D eigenvalue weighted by Crippen LogP contribution is 2.32. The van der Waals surface area contributed by atoms with Crippen LogP contribution in [-0.4, -0.2) is 36.9 Å². The summed E-state index contributed by atoms with van der Waals surface area (Å²) < 4.78 is 49.2. The first-order chi connectivity index (χ1) is 12.4. The van der Waals surface area contributed by atoms with Gasteiger partial charge >= 0.3 is 0 Å². The van der Waals surface area contributed by atoms with Gasteiger partial charge in [0, 0.05) is 17.7 Å². The van der Waals surface area contributed by atoms with Crippen molar-refractivity contribution < 1.29 is 27.4 Å². The standard InChI is InChI=1S/C18H23NO6S/c1-12(15-10-13(22-2)6-8-16(15)24-4)19-26(20,21)18-9-7-14(23-3)11-17(18)25-5/h6-12,19H,1-5H3. The minimum atomic E-state index is -3.85. The van der Waals surface area contributed by atoms with Gasteiger partial charge in [0.25, 0.3) is 0 Å². The fourth-order valence-electron chi connectivity index (χ4n) is 2.53. The Labute approximate surface area is 153 Å². The molecule has 2 aromatic carbocycles. The Morgan fingerprint density at radius 1 is 0.808 bits per heavy atom. The van der Waals surface area contributed by atoms with Gasteiger partial charge in [-0.15, -0.1) is 0 Å². The zero-order valence-electron chi connectivity index (χ0n) is 15.4. The molecule has 0 spiro atoms. The van der Waals surface area contributed by atoms with Crippen LogP contribution < -0.4 is 23.7 Å². The van der Waals surface area contributed by atoms with Crippen molar-refractivity contribution in [3.8, 4) is 23.0 Å². The van der Waals surface area contributed by atoms with E-state index in [1.54, 1.807) is 38.3 Å². The largest absolute Gasteiger partial charge is 0.497 e. The molecule has 0 aromatic heterocycles. The molecule has 0 aliphatic rings. The van der Waals surface area contributed by atoms with Gasteiger partial charge in [0.1, 0.15) is 27.9 Å². The molecule has 0 bridgehead atoms. The number of hydrogen-bond acceptors (Lipinski definition) is 6. The first kappa shape index (κ1) is 19.9. The van der Waals surface area contributed by atoms with Gasteiger partial charge in [-0.1, -0.05) is 0 Å². The van der Waals surface area contributed by atoms with Crippen LogP contribution in [-0.2, 0) is 10.0 Å². The smallest absolute Gasteiger partial charge is 0.244 e. The van der Waals surface area contributed by atoms with E-state index in [-0.39, 0.29) is 10.6 Å². The summed E-state index contributed by atoms with van der Waals surface area (Å²) in [5.41, 5.74) is 0.655. The van der Waals surface area contributed by atoms with Crippen molar-refractivity contribution in [3.63, 3.8) is 0 Å². The SMILES string of the molecule is COc1ccc(S(=O)(=O)NC(C)c2cc(OC)ccc2OC)c(OC)c1. The lowest BCUT2D eigenvalue weighted by molar-refractivity contribution is 0.385. The number of methoxy groups -OCH3 is 4. The molecule has 0 radical (unpaired) electrons. The van der Waals surface area contributed by atoms with Crippen LogP contribution in [0, 0.1) is 0 Å². The lowest BCUT2D eigenvalue weighted by atomic mass is 10.1. The molecule has 0 saturated heterocycles. The molecule has 0 aliphatic heterocycles. The maximum absolute atomic E-state index is 12.8. The van der Waals surface area contributed by atoms with Gasteiger partial charge in [-0.05, 0) is 37.3 Å². The van der Waals surface area contributed by atoms with Crippen LogP contribution in [0.25, 0.3) is 0 Å². The van der Waals surface area contributed by atoms with Gasteiger partial charge in [0.05, 0.1) is 28.4 Å². The highest BCUT2D eigenvalue weighted by atomic mass is 32.2. The fraction of sp³-hybridized carbons (Fsp3) is 0.333. The summed E-state index contributed by atoms with van der Waals surface area (Å²) in [5.74, 6) is 1.86. The van der Waals surface area contributed by atoms with Gasteiger partial charge in [0.15, 0.2) is 0 Å². The van der Waals surface area contributed by atoms with Gasteiger partial charge < -0.3 is 18.9 Å². The first-order valence-electron chi connectivity index (χ1n) is 7.82. The van der Waals surface area contributed by atoms with E-state index in [2.05, 4.69) is 4.72 Å². The van der Waals surface area contributed by atoms with Crippen LogP contribution in [0.3, 0.4) is 0 Å².